The first-order valence-corrected chi connectivity index (χ1v) is 10.7. The molecular weight excluding hydrogens is 312 g/mol. The second-order valence-electron chi connectivity index (χ2n) is 7.37. The average Bonchev–Trinajstić information content (AvgIpc) is 2.52. The minimum Gasteiger partial charge on any atom is -0.353 e. The Morgan fingerprint density at radius 1 is 1.13 bits per heavy atom. The van der Waals surface area contributed by atoms with Gasteiger partial charge in [0, 0.05) is 25.0 Å². The van der Waals surface area contributed by atoms with E-state index in [2.05, 4.69) is 19.2 Å². The molecule has 1 amide bonds. The minimum absolute atomic E-state index is 0.0347. The zero-order chi connectivity index (χ0) is 17.0. The van der Waals surface area contributed by atoms with Crippen molar-refractivity contribution in [2.75, 3.05) is 18.8 Å². The average molecular weight is 345 g/mol. The quantitative estimate of drug-likeness (QED) is 0.833. The first-order valence-electron chi connectivity index (χ1n) is 9.13. The second kappa shape index (κ2) is 7.97. The van der Waals surface area contributed by atoms with Crippen LogP contribution in [0.2, 0.25) is 0 Å². The maximum atomic E-state index is 12.5. The number of piperidine rings is 1. The molecule has 134 valence electrons. The van der Waals surface area contributed by atoms with Crippen molar-refractivity contribution in [1.29, 1.82) is 0 Å². The summed E-state index contributed by atoms with van der Waals surface area (Å²) in [7, 11) is -3.12. The Labute approximate surface area is 141 Å². The van der Waals surface area contributed by atoms with Gasteiger partial charge in [0.25, 0.3) is 0 Å². The molecule has 1 saturated carbocycles. The lowest BCUT2D eigenvalue weighted by Gasteiger charge is -2.36. The maximum Gasteiger partial charge on any atom is 0.223 e. The molecule has 0 aromatic carbocycles. The fourth-order valence-electron chi connectivity index (χ4n) is 3.87. The van der Waals surface area contributed by atoms with Crippen molar-refractivity contribution in [2.24, 2.45) is 17.8 Å². The summed E-state index contributed by atoms with van der Waals surface area (Å²) in [5.74, 6) is 1.49. The van der Waals surface area contributed by atoms with E-state index in [1.807, 2.05) is 6.92 Å². The van der Waals surface area contributed by atoms with Crippen molar-refractivity contribution in [3.05, 3.63) is 0 Å². The molecular formula is C17H32N2O3S. The number of carbonyl (C=O) groups is 1. The second-order valence-corrected chi connectivity index (χ2v) is 9.46. The number of amides is 1. The van der Waals surface area contributed by atoms with Crippen LogP contribution < -0.4 is 5.32 Å². The van der Waals surface area contributed by atoms with E-state index in [0.29, 0.717) is 44.2 Å². The van der Waals surface area contributed by atoms with Crippen LogP contribution in [-0.2, 0) is 14.8 Å². The number of rotatable bonds is 5. The first kappa shape index (κ1) is 18.7. The summed E-state index contributed by atoms with van der Waals surface area (Å²) in [5, 5.41) is 3.24. The molecule has 1 heterocycles. The number of hydrogen-bond donors (Lipinski definition) is 1. The highest BCUT2D eigenvalue weighted by atomic mass is 32.2. The number of nitrogens with zero attached hydrogens (tertiary/aromatic N) is 1. The van der Waals surface area contributed by atoms with Gasteiger partial charge in [-0.15, -0.1) is 0 Å². The normalized spacial score (nSPS) is 31.0. The number of hydrogen-bond acceptors (Lipinski definition) is 3. The van der Waals surface area contributed by atoms with Crippen molar-refractivity contribution in [1.82, 2.24) is 9.62 Å². The summed E-state index contributed by atoms with van der Waals surface area (Å²) >= 11 is 0. The monoisotopic (exact) mass is 344 g/mol. The molecule has 1 saturated heterocycles. The Hall–Kier alpha value is -0.620. The minimum atomic E-state index is -3.12. The lowest BCUT2D eigenvalue weighted by Crippen LogP contribution is -2.48. The molecule has 0 aromatic heterocycles. The van der Waals surface area contributed by atoms with Crippen LogP contribution in [0.5, 0.6) is 0 Å². The van der Waals surface area contributed by atoms with Gasteiger partial charge in [-0.25, -0.2) is 12.7 Å². The summed E-state index contributed by atoms with van der Waals surface area (Å²) in [5.41, 5.74) is 0. The van der Waals surface area contributed by atoms with Gasteiger partial charge in [-0.3, -0.25) is 4.79 Å². The molecule has 3 atom stereocenters. The standard InChI is InChI=1S/C17H32N2O3S/c1-4-12-23(21,22)19-10-8-15(9-11-19)17(20)18-16-7-5-6-13(2)14(16)3/h13-16H,4-12H2,1-3H3,(H,18,20)/t13-,14-,16+/m0/s1. The van der Waals surface area contributed by atoms with Crippen LogP contribution in [-0.4, -0.2) is 43.5 Å². The molecule has 0 aromatic rings. The van der Waals surface area contributed by atoms with Gasteiger partial charge in [-0.2, -0.15) is 0 Å². The zero-order valence-corrected chi connectivity index (χ0v) is 15.6. The van der Waals surface area contributed by atoms with Crippen LogP contribution in [0.4, 0.5) is 0 Å². The summed E-state index contributed by atoms with van der Waals surface area (Å²) in [6.45, 7) is 7.34. The summed E-state index contributed by atoms with van der Waals surface area (Å²) in [6, 6.07) is 0.285. The highest BCUT2D eigenvalue weighted by Gasteiger charge is 2.33. The Kier molecular flexibility index (Phi) is 6.48. The third-order valence-corrected chi connectivity index (χ3v) is 7.79. The van der Waals surface area contributed by atoms with E-state index >= 15 is 0 Å². The molecule has 2 rings (SSSR count). The highest BCUT2D eigenvalue weighted by molar-refractivity contribution is 7.89. The molecule has 0 radical (unpaired) electrons. The number of nitrogens with one attached hydrogen (secondary N) is 1. The summed E-state index contributed by atoms with van der Waals surface area (Å²) in [4.78, 5) is 12.5. The van der Waals surface area contributed by atoms with Gasteiger partial charge in [-0.1, -0.05) is 33.6 Å². The van der Waals surface area contributed by atoms with E-state index in [1.54, 1.807) is 4.31 Å². The molecule has 0 bridgehead atoms. The van der Waals surface area contributed by atoms with Crippen LogP contribution in [0.3, 0.4) is 0 Å². The Balaban J connectivity index is 1.84. The van der Waals surface area contributed by atoms with Crippen LogP contribution in [0.25, 0.3) is 0 Å². The molecule has 1 N–H and O–H groups in total. The Morgan fingerprint density at radius 2 is 1.78 bits per heavy atom. The number of sulfonamides is 1. The van der Waals surface area contributed by atoms with E-state index in [9.17, 15) is 13.2 Å². The van der Waals surface area contributed by atoms with Gasteiger partial charge >= 0.3 is 0 Å². The summed E-state index contributed by atoms with van der Waals surface area (Å²) in [6.07, 6.45) is 5.43. The van der Waals surface area contributed by atoms with Crippen molar-refractivity contribution in [3.63, 3.8) is 0 Å². The topological polar surface area (TPSA) is 66.5 Å². The number of carbonyl (C=O) groups excluding carboxylic acids is 1. The van der Waals surface area contributed by atoms with Gasteiger partial charge in [0.05, 0.1) is 5.75 Å². The third kappa shape index (κ3) is 4.69. The van der Waals surface area contributed by atoms with E-state index in [4.69, 9.17) is 0 Å². The van der Waals surface area contributed by atoms with Crippen molar-refractivity contribution < 1.29 is 13.2 Å². The van der Waals surface area contributed by atoms with Gasteiger partial charge in [0.15, 0.2) is 0 Å². The Morgan fingerprint density at radius 3 is 2.39 bits per heavy atom. The highest BCUT2D eigenvalue weighted by Crippen LogP contribution is 2.30. The largest absolute Gasteiger partial charge is 0.353 e. The molecule has 5 nitrogen and oxygen atoms in total. The van der Waals surface area contributed by atoms with E-state index in [0.717, 1.165) is 6.42 Å². The van der Waals surface area contributed by atoms with Crippen molar-refractivity contribution in [2.45, 2.75) is 65.3 Å². The predicted octanol–water partition coefficient (Wildman–Crippen LogP) is 2.38. The molecule has 0 spiro atoms. The molecule has 23 heavy (non-hydrogen) atoms. The molecule has 0 unspecified atom stereocenters. The fraction of sp³-hybridized carbons (Fsp3) is 0.941. The Bertz CT molecular complexity index is 498. The van der Waals surface area contributed by atoms with Gasteiger partial charge in [0.1, 0.15) is 0 Å². The van der Waals surface area contributed by atoms with Crippen molar-refractivity contribution >= 4 is 15.9 Å². The lowest BCUT2D eigenvalue weighted by atomic mass is 9.78. The van der Waals surface area contributed by atoms with Gasteiger partial charge < -0.3 is 5.32 Å². The zero-order valence-electron chi connectivity index (χ0n) is 14.8. The van der Waals surface area contributed by atoms with Crippen molar-refractivity contribution in [3.8, 4) is 0 Å². The summed E-state index contributed by atoms with van der Waals surface area (Å²) < 4.78 is 25.7. The predicted molar refractivity (Wildman–Crippen MR) is 92.5 cm³/mol. The van der Waals surface area contributed by atoms with Crippen LogP contribution in [0.1, 0.15) is 59.3 Å². The van der Waals surface area contributed by atoms with E-state index < -0.39 is 10.0 Å². The van der Waals surface area contributed by atoms with Gasteiger partial charge in [0.2, 0.25) is 15.9 Å². The van der Waals surface area contributed by atoms with Crippen LogP contribution >= 0.6 is 0 Å². The first-order chi connectivity index (χ1) is 10.8. The molecule has 2 fully saturated rings. The van der Waals surface area contributed by atoms with Gasteiger partial charge in [-0.05, 0) is 37.5 Å². The lowest BCUT2D eigenvalue weighted by molar-refractivity contribution is -0.127. The maximum absolute atomic E-state index is 12.5. The molecule has 1 aliphatic carbocycles. The molecule has 6 heteroatoms. The smallest absolute Gasteiger partial charge is 0.223 e. The van der Waals surface area contributed by atoms with Crippen LogP contribution in [0, 0.1) is 17.8 Å². The van der Waals surface area contributed by atoms with E-state index in [-0.39, 0.29) is 23.6 Å². The fourth-order valence-corrected chi connectivity index (χ4v) is 5.41. The SMILES string of the molecule is CCCS(=O)(=O)N1CCC(C(=O)N[C@@H]2CCC[C@H](C)[C@@H]2C)CC1. The third-order valence-electron chi connectivity index (χ3n) is 5.71. The van der Waals surface area contributed by atoms with Crippen LogP contribution in [0.15, 0.2) is 0 Å². The molecule has 2 aliphatic rings. The molecule has 1 aliphatic heterocycles. The van der Waals surface area contributed by atoms with E-state index in [1.165, 1.54) is 12.8 Å².